The minimum Gasteiger partial charge on any atom is -0.295 e. The van der Waals surface area contributed by atoms with Crippen LogP contribution in [0.4, 0.5) is 11.4 Å². The van der Waals surface area contributed by atoms with Gasteiger partial charge in [-0.05, 0) is 29.8 Å². The van der Waals surface area contributed by atoms with Crippen LogP contribution in [0, 0.1) is 20.2 Å². The first-order chi connectivity index (χ1) is 13.9. The summed E-state index contributed by atoms with van der Waals surface area (Å²) in [5, 5.41) is 22.0. The van der Waals surface area contributed by atoms with E-state index >= 15 is 0 Å². The van der Waals surface area contributed by atoms with E-state index < -0.39 is 9.85 Å². The van der Waals surface area contributed by atoms with Crippen LogP contribution in [0.25, 0.3) is 12.2 Å². The Morgan fingerprint density at radius 1 is 0.897 bits per heavy atom. The van der Waals surface area contributed by atoms with Gasteiger partial charge in [-0.2, -0.15) is 0 Å². The van der Waals surface area contributed by atoms with Crippen molar-refractivity contribution < 1.29 is 14.6 Å². The van der Waals surface area contributed by atoms with Gasteiger partial charge >= 0.3 is 0 Å². The Morgan fingerprint density at radius 3 is 1.72 bits per heavy atom. The maximum absolute atomic E-state index is 13.0. The van der Waals surface area contributed by atoms with Gasteiger partial charge in [0, 0.05) is 48.5 Å². The molecule has 0 saturated carbocycles. The average Bonchev–Trinajstić information content (AvgIpc) is 2.71. The third-order valence-electron chi connectivity index (χ3n) is 4.66. The number of hydrogen-bond donors (Lipinski definition) is 0. The molecule has 0 radical (unpaired) electrons. The quantitative estimate of drug-likeness (QED) is 0.433. The number of non-ortho nitro benzene ring substituents is 2. The normalized spacial score (nSPS) is 17.6. The van der Waals surface area contributed by atoms with E-state index in [0.29, 0.717) is 41.9 Å². The van der Waals surface area contributed by atoms with Crippen LogP contribution in [0.2, 0.25) is 0 Å². The number of ketones is 1. The predicted molar refractivity (Wildman–Crippen MR) is 109 cm³/mol. The highest BCUT2D eigenvalue weighted by molar-refractivity contribution is 6.14. The zero-order chi connectivity index (χ0) is 21.0. The number of nitro benzene ring substituents is 2. The van der Waals surface area contributed by atoms with Gasteiger partial charge in [-0.15, -0.1) is 0 Å². The Bertz CT molecular complexity index is 963. The number of nitro groups is 2. The van der Waals surface area contributed by atoms with Crippen molar-refractivity contribution in [3.8, 4) is 0 Å². The molecule has 0 atom stereocenters. The Hall–Kier alpha value is -3.65. The van der Waals surface area contributed by atoms with Gasteiger partial charge in [-0.25, -0.2) is 0 Å². The first kappa shape index (κ1) is 20.1. The molecule has 148 valence electrons. The molecule has 1 aliphatic rings. The summed E-state index contributed by atoms with van der Waals surface area (Å²) in [6.45, 7) is 3.56. The van der Waals surface area contributed by atoms with Crippen molar-refractivity contribution in [1.29, 1.82) is 0 Å². The Kier molecular flexibility index (Phi) is 5.94. The number of piperidine rings is 1. The summed E-state index contributed by atoms with van der Waals surface area (Å²) in [5.41, 5.74) is 2.13. The zero-order valence-corrected chi connectivity index (χ0v) is 15.8. The van der Waals surface area contributed by atoms with Gasteiger partial charge in [0.2, 0.25) is 0 Å². The number of nitrogens with zero attached hydrogens (tertiary/aromatic N) is 3. The molecule has 0 bridgehead atoms. The number of benzene rings is 2. The molecule has 0 amide bonds. The molecule has 29 heavy (non-hydrogen) atoms. The summed E-state index contributed by atoms with van der Waals surface area (Å²) in [4.78, 5) is 36.1. The van der Waals surface area contributed by atoms with E-state index in [1.807, 2.05) is 6.92 Å². The van der Waals surface area contributed by atoms with Gasteiger partial charge in [0.25, 0.3) is 11.4 Å². The smallest absolute Gasteiger partial charge is 0.270 e. The van der Waals surface area contributed by atoms with Crippen molar-refractivity contribution in [2.45, 2.75) is 6.92 Å². The number of carbonyl (C=O) groups is 1. The van der Waals surface area contributed by atoms with Crippen molar-refractivity contribution >= 4 is 29.3 Å². The van der Waals surface area contributed by atoms with E-state index in [1.165, 1.54) is 24.3 Å². The van der Waals surface area contributed by atoms with Crippen molar-refractivity contribution in [2.24, 2.45) is 0 Å². The molecule has 1 fully saturated rings. The summed E-state index contributed by atoms with van der Waals surface area (Å²) in [7, 11) is 0. The SMILES string of the molecule is CCN1C/C(=C\c2cccc([N+](=O)[O-])c2)C(=O)/C(=C/c2cccc([N+](=O)[O-])c2)C1. The van der Waals surface area contributed by atoms with Gasteiger partial charge in [-0.1, -0.05) is 31.2 Å². The monoisotopic (exact) mass is 393 g/mol. The van der Waals surface area contributed by atoms with Crippen LogP contribution in [0.1, 0.15) is 18.1 Å². The highest BCUT2D eigenvalue weighted by Gasteiger charge is 2.25. The molecule has 1 aliphatic heterocycles. The molecule has 1 heterocycles. The summed E-state index contributed by atoms with van der Waals surface area (Å²) < 4.78 is 0. The molecule has 2 aromatic carbocycles. The lowest BCUT2D eigenvalue weighted by Crippen LogP contribution is -2.37. The fourth-order valence-electron chi connectivity index (χ4n) is 3.19. The summed E-state index contributed by atoms with van der Waals surface area (Å²) in [5.74, 6) is -0.160. The molecule has 0 aliphatic carbocycles. The lowest BCUT2D eigenvalue weighted by Gasteiger charge is -2.28. The van der Waals surface area contributed by atoms with E-state index in [2.05, 4.69) is 4.90 Å². The highest BCUT2D eigenvalue weighted by Crippen LogP contribution is 2.24. The molecule has 0 unspecified atom stereocenters. The van der Waals surface area contributed by atoms with Gasteiger partial charge < -0.3 is 0 Å². The third kappa shape index (κ3) is 4.80. The van der Waals surface area contributed by atoms with Crippen molar-refractivity contribution in [2.75, 3.05) is 19.6 Å². The first-order valence-electron chi connectivity index (χ1n) is 9.04. The predicted octanol–water partition coefficient (Wildman–Crippen LogP) is 3.87. The van der Waals surface area contributed by atoms with Crippen molar-refractivity contribution in [3.63, 3.8) is 0 Å². The largest absolute Gasteiger partial charge is 0.295 e. The van der Waals surface area contributed by atoms with Crippen LogP contribution >= 0.6 is 0 Å². The molecule has 0 spiro atoms. The molecule has 0 N–H and O–H groups in total. The number of likely N-dealkylation sites (tertiary alicyclic amines) is 1. The van der Waals surface area contributed by atoms with Gasteiger partial charge in [0.05, 0.1) is 9.85 Å². The molecule has 8 nitrogen and oxygen atoms in total. The summed E-state index contributed by atoms with van der Waals surface area (Å²) in [6, 6.07) is 12.2. The number of rotatable bonds is 5. The number of hydrogen-bond acceptors (Lipinski definition) is 6. The Balaban J connectivity index is 1.97. The lowest BCUT2D eigenvalue weighted by atomic mass is 9.94. The summed E-state index contributed by atoms with van der Waals surface area (Å²) >= 11 is 0. The molecule has 0 aromatic heterocycles. The second-order valence-electron chi connectivity index (χ2n) is 6.68. The van der Waals surface area contributed by atoms with E-state index in [0.717, 1.165) is 0 Å². The van der Waals surface area contributed by atoms with Crippen LogP contribution in [-0.4, -0.2) is 40.2 Å². The van der Waals surface area contributed by atoms with Gasteiger partial charge in [-0.3, -0.25) is 29.9 Å². The number of Topliss-reactive ketones (excluding diaryl/α,β-unsaturated/α-hetero) is 1. The first-order valence-corrected chi connectivity index (χ1v) is 9.04. The maximum atomic E-state index is 13.0. The van der Waals surface area contributed by atoms with Crippen LogP contribution in [0.5, 0.6) is 0 Å². The second-order valence-corrected chi connectivity index (χ2v) is 6.68. The fourth-order valence-corrected chi connectivity index (χ4v) is 3.19. The van der Waals surface area contributed by atoms with Crippen LogP contribution < -0.4 is 0 Å². The molecule has 1 saturated heterocycles. The van der Waals surface area contributed by atoms with Crippen LogP contribution in [-0.2, 0) is 4.79 Å². The van der Waals surface area contributed by atoms with E-state index in [4.69, 9.17) is 0 Å². The van der Waals surface area contributed by atoms with Crippen LogP contribution in [0.3, 0.4) is 0 Å². The molecule has 8 heteroatoms. The van der Waals surface area contributed by atoms with E-state index in [9.17, 15) is 25.0 Å². The second kappa shape index (κ2) is 8.57. The minimum atomic E-state index is -0.476. The number of carbonyl (C=O) groups excluding carboxylic acids is 1. The Labute approximate surface area is 167 Å². The standard InChI is InChI=1S/C21H19N3O5/c1-2-22-13-17(9-15-5-3-7-19(11-15)23(26)27)21(25)18(14-22)10-16-6-4-8-20(12-16)24(28)29/h3-12H,2,13-14H2,1H3/b17-9+,18-10+. The summed E-state index contributed by atoms with van der Waals surface area (Å²) in [6.07, 6.45) is 3.33. The van der Waals surface area contributed by atoms with Crippen molar-refractivity contribution in [1.82, 2.24) is 4.90 Å². The minimum absolute atomic E-state index is 0.0395. The van der Waals surface area contributed by atoms with E-state index in [-0.39, 0.29) is 17.2 Å². The lowest BCUT2D eigenvalue weighted by molar-refractivity contribution is -0.385. The Morgan fingerprint density at radius 2 is 1.34 bits per heavy atom. The molecule has 3 rings (SSSR count). The maximum Gasteiger partial charge on any atom is 0.270 e. The number of likely N-dealkylation sites (N-methyl/N-ethyl adjacent to an activating group) is 1. The van der Waals surface area contributed by atoms with Crippen LogP contribution in [0.15, 0.2) is 59.7 Å². The zero-order valence-electron chi connectivity index (χ0n) is 15.8. The molecular weight excluding hydrogens is 374 g/mol. The fraction of sp³-hybridized carbons (Fsp3) is 0.190. The average molecular weight is 393 g/mol. The third-order valence-corrected chi connectivity index (χ3v) is 4.66. The highest BCUT2D eigenvalue weighted by atomic mass is 16.6. The topological polar surface area (TPSA) is 107 Å². The van der Waals surface area contributed by atoms with Gasteiger partial charge in [0.15, 0.2) is 5.78 Å². The van der Waals surface area contributed by atoms with E-state index in [1.54, 1.807) is 36.4 Å². The van der Waals surface area contributed by atoms with Gasteiger partial charge in [0.1, 0.15) is 0 Å². The molecular formula is C21H19N3O5. The molecule has 2 aromatic rings. The van der Waals surface area contributed by atoms with Crippen molar-refractivity contribution in [3.05, 3.63) is 91.0 Å².